The Balaban J connectivity index is 2.09. The molecule has 0 fully saturated rings. The van der Waals surface area contributed by atoms with E-state index in [0.717, 1.165) is 17.8 Å². The van der Waals surface area contributed by atoms with Crippen LogP contribution in [-0.4, -0.2) is 30.8 Å². The van der Waals surface area contributed by atoms with Crippen molar-refractivity contribution >= 4 is 39.9 Å². The van der Waals surface area contributed by atoms with Crippen molar-refractivity contribution in [3.63, 3.8) is 0 Å². The van der Waals surface area contributed by atoms with E-state index in [9.17, 15) is 17.8 Å². The minimum absolute atomic E-state index is 0.154. The van der Waals surface area contributed by atoms with Gasteiger partial charge in [-0.05, 0) is 54.1 Å². The zero-order valence-electron chi connectivity index (χ0n) is 17.5. The average molecular weight is 478 g/mol. The van der Waals surface area contributed by atoms with Crippen LogP contribution < -0.4 is 14.9 Å². The van der Waals surface area contributed by atoms with Gasteiger partial charge in [0.05, 0.1) is 10.6 Å². The molecule has 9 heteroatoms. The summed E-state index contributed by atoms with van der Waals surface area (Å²) in [6.07, 6.45) is -0.154. The molecule has 0 aliphatic rings. The molecule has 0 heterocycles. The molecule has 1 atom stereocenters. The molecule has 0 aliphatic heterocycles. The van der Waals surface area contributed by atoms with Gasteiger partial charge in [0.1, 0.15) is 18.2 Å². The Labute approximate surface area is 193 Å². The summed E-state index contributed by atoms with van der Waals surface area (Å²) in [7, 11) is 1.87. The molecule has 0 aliphatic carbocycles. The van der Waals surface area contributed by atoms with E-state index in [-0.39, 0.29) is 18.5 Å². The van der Waals surface area contributed by atoms with Crippen LogP contribution in [0.25, 0.3) is 0 Å². The molecule has 3 rings (SSSR count). The number of nitrogens with two attached hydrogens (primary N) is 1. The van der Waals surface area contributed by atoms with Gasteiger partial charge in [-0.1, -0.05) is 23.7 Å². The first-order chi connectivity index (χ1) is 15.2. The van der Waals surface area contributed by atoms with Crippen molar-refractivity contribution < 1.29 is 17.8 Å². The molecular formula is C23H22ClF2N3O2S. The van der Waals surface area contributed by atoms with E-state index >= 15 is 0 Å². The number of amides is 1. The van der Waals surface area contributed by atoms with E-state index in [1.807, 2.05) is 25.1 Å². The predicted molar refractivity (Wildman–Crippen MR) is 124 cm³/mol. The summed E-state index contributed by atoms with van der Waals surface area (Å²) >= 11 is 6.15. The second-order valence-corrected chi connectivity index (χ2v) is 9.14. The van der Waals surface area contributed by atoms with Crippen LogP contribution in [-0.2, 0) is 22.2 Å². The van der Waals surface area contributed by atoms with Gasteiger partial charge in [-0.25, -0.2) is 13.0 Å². The lowest BCUT2D eigenvalue weighted by Crippen LogP contribution is -2.36. The SMILES string of the molecule is CN(C)c1cccc(S(=O)N(CC(N)=O)c2ccc(Cl)cc2Cc2c(F)cccc2F)c1. The summed E-state index contributed by atoms with van der Waals surface area (Å²) in [6, 6.07) is 15.3. The third kappa shape index (κ3) is 5.44. The van der Waals surface area contributed by atoms with E-state index < -0.39 is 28.5 Å². The summed E-state index contributed by atoms with van der Waals surface area (Å²) in [5.41, 5.74) is 6.84. The summed E-state index contributed by atoms with van der Waals surface area (Å²) < 4.78 is 43.4. The van der Waals surface area contributed by atoms with Crippen LogP contribution in [0.1, 0.15) is 11.1 Å². The summed E-state index contributed by atoms with van der Waals surface area (Å²) in [5, 5.41) is 0.333. The Morgan fingerprint density at radius 1 is 1.03 bits per heavy atom. The van der Waals surface area contributed by atoms with Crippen molar-refractivity contribution in [3.8, 4) is 0 Å². The molecule has 0 bridgehead atoms. The number of hydrogen-bond donors (Lipinski definition) is 1. The number of nitrogens with zero attached hydrogens (tertiary/aromatic N) is 2. The Kier molecular flexibility index (Phi) is 7.48. The normalized spacial score (nSPS) is 11.8. The third-order valence-electron chi connectivity index (χ3n) is 4.77. The van der Waals surface area contributed by atoms with Gasteiger partial charge in [0.25, 0.3) is 0 Å². The quantitative estimate of drug-likeness (QED) is 0.526. The van der Waals surface area contributed by atoms with Gasteiger partial charge in [-0.15, -0.1) is 0 Å². The molecule has 2 N–H and O–H groups in total. The number of hydrogen-bond acceptors (Lipinski definition) is 3. The molecule has 5 nitrogen and oxygen atoms in total. The van der Waals surface area contributed by atoms with Gasteiger partial charge in [0.2, 0.25) is 5.91 Å². The Morgan fingerprint density at radius 3 is 2.31 bits per heavy atom. The molecule has 1 unspecified atom stereocenters. The van der Waals surface area contributed by atoms with Gasteiger partial charge in [-0.3, -0.25) is 9.10 Å². The first-order valence-electron chi connectivity index (χ1n) is 9.64. The minimum Gasteiger partial charge on any atom is -0.378 e. The van der Waals surface area contributed by atoms with Gasteiger partial charge in [0.15, 0.2) is 11.0 Å². The van der Waals surface area contributed by atoms with Gasteiger partial charge in [-0.2, -0.15) is 0 Å². The zero-order chi connectivity index (χ0) is 23.4. The Morgan fingerprint density at radius 2 is 1.69 bits per heavy atom. The molecule has 0 saturated carbocycles. The van der Waals surface area contributed by atoms with Crippen molar-refractivity contribution in [2.45, 2.75) is 11.3 Å². The van der Waals surface area contributed by atoms with Crippen LogP contribution in [0.4, 0.5) is 20.2 Å². The average Bonchev–Trinajstić information content (AvgIpc) is 2.74. The number of benzene rings is 3. The molecular weight excluding hydrogens is 456 g/mol. The van der Waals surface area contributed by atoms with E-state index in [0.29, 0.717) is 21.2 Å². The summed E-state index contributed by atoms with van der Waals surface area (Å²) in [4.78, 5) is 14.1. The molecule has 0 saturated heterocycles. The van der Waals surface area contributed by atoms with Crippen molar-refractivity contribution in [1.82, 2.24) is 0 Å². The fourth-order valence-electron chi connectivity index (χ4n) is 3.20. The fourth-order valence-corrected chi connectivity index (χ4v) is 4.67. The molecule has 1 amide bonds. The van der Waals surface area contributed by atoms with Crippen LogP contribution in [0.15, 0.2) is 65.6 Å². The van der Waals surface area contributed by atoms with Crippen LogP contribution in [0.5, 0.6) is 0 Å². The topological polar surface area (TPSA) is 66.6 Å². The standard InChI is InChI=1S/C23H22ClF2N3O2S/c1-28(2)17-5-3-6-18(13-17)32(31)29(14-23(27)30)22-10-9-16(24)11-15(22)12-19-20(25)7-4-8-21(19)26/h3-11,13H,12,14H2,1-2H3,(H2,27,30). The fraction of sp³-hybridized carbons (Fsp3) is 0.174. The van der Waals surface area contributed by atoms with Crippen LogP contribution in [0.3, 0.4) is 0 Å². The third-order valence-corrected chi connectivity index (χ3v) is 6.39. The summed E-state index contributed by atoms with van der Waals surface area (Å²) in [5.74, 6) is -2.13. The molecule has 3 aromatic carbocycles. The van der Waals surface area contributed by atoms with E-state index in [1.54, 1.807) is 30.3 Å². The van der Waals surface area contributed by atoms with Crippen molar-refractivity contribution in [3.05, 3.63) is 88.4 Å². The second-order valence-electron chi connectivity index (χ2n) is 7.29. The molecule has 32 heavy (non-hydrogen) atoms. The lowest BCUT2D eigenvalue weighted by atomic mass is 10.0. The molecule has 0 spiro atoms. The van der Waals surface area contributed by atoms with Crippen LogP contribution >= 0.6 is 11.6 Å². The van der Waals surface area contributed by atoms with Crippen LogP contribution in [0.2, 0.25) is 5.02 Å². The monoisotopic (exact) mass is 477 g/mol. The highest BCUT2D eigenvalue weighted by Crippen LogP contribution is 2.31. The van der Waals surface area contributed by atoms with Gasteiger partial charge >= 0.3 is 0 Å². The highest BCUT2D eigenvalue weighted by atomic mass is 35.5. The van der Waals surface area contributed by atoms with Gasteiger partial charge in [0, 0.05) is 36.8 Å². The molecule has 0 radical (unpaired) electrons. The Hall–Kier alpha value is -2.97. The van der Waals surface area contributed by atoms with E-state index in [4.69, 9.17) is 17.3 Å². The molecule has 3 aromatic rings. The Bertz CT molecular complexity index is 1150. The van der Waals surface area contributed by atoms with Crippen molar-refractivity contribution in [2.75, 3.05) is 29.8 Å². The smallest absolute Gasteiger partial charge is 0.238 e. The maximum absolute atomic E-state index is 14.3. The largest absolute Gasteiger partial charge is 0.378 e. The minimum atomic E-state index is -1.83. The van der Waals surface area contributed by atoms with E-state index in [1.165, 1.54) is 16.4 Å². The predicted octanol–water partition coefficient (Wildman–Crippen LogP) is 4.29. The number of anilines is 2. The number of halogens is 3. The summed E-state index contributed by atoms with van der Waals surface area (Å²) in [6.45, 7) is -0.368. The first-order valence-corrected chi connectivity index (χ1v) is 11.1. The van der Waals surface area contributed by atoms with Gasteiger partial charge < -0.3 is 10.6 Å². The number of primary amides is 1. The maximum atomic E-state index is 14.3. The highest BCUT2D eigenvalue weighted by molar-refractivity contribution is 7.86. The van der Waals surface area contributed by atoms with E-state index in [2.05, 4.69) is 0 Å². The van der Waals surface area contributed by atoms with Crippen molar-refractivity contribution in [2.24, 2.45) is 5.73 Å². The molecule has 0 aromatic heterocycles. The number of carbonyl (C=O) groups excluding carboxylic acids is 1. The van der Waals surface area contributed by atoms with Crippen LogP contribution in [0, 0.1) is 11.6 Å². The number of rotatable bonds is 8. The number of carbonyl (C=O) groups is 1. The lowest BCUT2D eigenvalue weighted by Gasteiger charge is -2.25. The first kappa shape index (κ1) is 23.7. The van der Waals surface area contributed by atoms with Crippen molar-refractivity contribution in [1.29, 1.82) is 0 Å². The molecule has 168 valence electrons. The lowest BCUT2D eigenvalue weighted by molar-refractivity contribution is -0.116. The highest BCUT2D eigenvalue weighted by Gasteiger charge is 2.23. The zero-order valence-corrected chi connectivity index (χ0v) is 19.1. The maximum Gasteiger partial charge on any atom is 0.238 e. The second kappa shape index (κ2) is 10.1.